The van der Waals surface area contributed by atoms with E-state index in [1.807, 2.05) is 42.5 Å². The summed E-state index contributed by atoms with van der Waals surface area (Å²) in [5, 5.41) is 19.1. The third kappa shape index (κ3) is 4.94. The standard InChI is InChI=1S/C23H24N6O3/c1-31-17-8-9-19(32-2)18(14-17)25-23(30)13-12-22-27-26-21-11-10-20(28-29(21)22)24-15-16-6-4-3-5-7-16/h3-11,14H,12-13,15H2,1-2H3,(H,24,28)(H,25,30). The first kappa shape index (κ1) is 21.1. The molecule has 0 radical (unpaired) electrons. The van der Waals surface area contributed by atoms with E-state index in [4.69, 9.17) is 9.47 Å². The van der Waals surface area contributed by atoms with Crippen LogP contribution in [0.2, 0.25) is 0 Å². The zero-order valence-electron chi connectivity index (χ0n) is 17.9. The molecular weight excluding hydrogens is 408 g/mol. The van der Waals surface area contributed by atoms with Gasteiger partial charge in [0.15, 0.2) is 11.5 Å². The van der Waals surface area contributed by atoms with E-state index in [2.05, 4.69) is 25.9 Å². The van der Waals surface area contributed by atoms with Gasteiger partial charge in [0.05, 0.1) is 19.9 Å². The van der Waals surface area contributed by atoms with Crippen molar-refractivity contribution in [1.29, 1.82) is 0 Å². The maximum atomic E-state index is 12.5. The van der Waals surface area contributed by atoms with Crippen molar-refractivity contribution in [3.05, 3.63) is 72.1 Å². The van der Waals surface area contributed by atoms with Crippen molar-refractivity contribution in [3.8, 4) is 11.5 Å². The molecule has 0 spiro atoms. The molecule has 1 amide bonds. The quantitative estimate of drug-likeness (QED) is 0.418. The topological polar surface area (TPSA) is 103 Å². The third-order valence-corrected chi connectivity index (χ3v) is 4.90. The van der Waals surface area contributed by atoms with Gasteiger partial charge in [-0.25, -0.2) is 0 Å². The molecule has 0 unspecified atom stereocenters. The number of ether oxygens (including phenoxy) is 2. The van der Waals surface area contributed by atoms with Crippen LogP contribution >= 0.6 is 0 Å². The van der Waals surface area contributed by atoms with E-state index in [0.29, 0.717) is 47.4 Å². The van der Waals surface area contributed by atoms with Crippen molar-refractivity contribution >= 4 is 23.1 Å². The van der Waals surface area contributed by atoms with Gasteiger partial charge in [-0.05, 0) is 29.8 Å². The Labute approximate surface area is 185 Å². The number of hydrogen-bond donors (Lipinski definition) is 2. The SMILES string of the molecule is COc1ccc(OC)c(NC(=O)CCc2nnc3ccc(NCc4ccccc4)nn23)c1. The molecule has 0 bridgehead atoms. The largest absolute Gasteiger partial charge is 0.497 e. The molecule has 0 fully saturated rings. The minimum atomic E-state index is -0.174. The summed E-state index contributed by atoms with van der Waals surface area (Å²) in [5.74, 6) is 2.32. The van der Waals surface area contributed by atoms with E-state index in [1.165, 1.54) is 0 Å². The molecule has 2 N–H and O–H groups in total. The van der Waals surface area contributed by atoms with E-state index in [1.54, 1.807) is 36.9 Å². The van der Waals surface area contributed by atoms with E-state index in [-0.39, 0.29) is 12.3 Å². The van der Waals surface area contributed by atoms with E-state index in [0.717, 1.165) is 5.56 Å². The molecule has 0 saturated carbocycles. The van der Waals surface area contributed by atoms with Crippen LogP contribution in [-0.4, -0.2) is 39.9 Å². The van der Waals surface area contributed by atoms with Crippen LogP contribution in [0, 0.1) is 0 Å². The van der Waals surface area contributed by atoms with Gasteiger partial charge in [-0.3, -0.25) is 4.79 Å². The second kappa shape index (κ2) is 9.78. The van der Waals surface area contributed by atoms with Gasteiger partial charge in [-0.15, -0.1) is 15.3 Å². The molecule has 0 aliphatic heterocycles. The van der Waals surface area contributed by atoms with Gasteiger partial charge in [0.1, 0.15) is 17.3 Å². The van der Waals surface area contributed by atoms with Crippen molar-refractivity contribution in [2.45, 2.75) is 19.4 Å². The number of amides is 1. The van der Waals surface area contributed by atoms with Crippen molar-refractivity contribution in [1.82, 2.24) is 19.8 Å². The fourth-order valence-electron chi connectivity index (χ4n) is 3.22. The van der Waals surface area contributed by atoms with Crippen LogP contribution < -0.4 is 20.1 Å². The molecule has 9 heteroatoms. The predicted octanol–water partition coefficient (Wildman–Crippen LogP) is 3.32. The van der Waals surface area contributed by atoms with Gasteiger partial charge in [-0.2, -0.15) is 4.52 Å². The summed E-state index contributed by atoms with van der Waals surface area (Å²) in [6.45, 7) is 0.654. The van der Waals surface area contributed by atoms with Gasteiger partial charge in [-0.1, -0.05) is 30.3 Å². The van der Waals surface area contributed by atoms with Gasteiger partial charge in [0, 0.05) is 25.5 Å². The summed E-state index contributed by atoms with van der Waals surface area (Å²) < 4.78 is 12.2. The first-order valence-electron chi connectivity index (χ1n) is 10.2. The Hall–Kier alpha value is -4.14. The molecule has 164 valence electrons. The summed E-state index contributed by atoms with van der Waals surface area (Å²) >= 11 is 0. The zero-order chi connectivity index (χ0) is 22.3. The Morgan fingerprint density at radius 2 is 1.84 bits per heavy atom. The minimum Gasteiger partial charge on any atom is -0.497 e. The highest BCUT2D eigenvalue weighted by molar-refractivity contribution is 5.92. The lowest BCUT2D eigenvalue weighted by Gasteiger charge is -2.11. The van der Waals surface area contributed by atoms with Crippen LogP contribution in [-0.2, 0) is 17.8 Å². The Morgan fingerprint density at radius 3 is 2.62 bits per heavy atom. The minimum absolute atomic E-state index is 0.174. The number of carbonyl (C=O) groups is 1. The Balaban J connectivity index is 1.41. The number of carbonyl (C=O) groups excluding carboxylic acids is 1. The lowest BCUT2D eigenvalue weighted by molar-refractivity contribution is -0.116. The van der Waals surface area contributed by atoms with Crippen LogP contribution in [0.5, 0.6) is 11.5 Å². The van der Waals surface area contributed by atoms with Gasteiger partial charge < -0.3 is 20.1 Å². The molecule has 0 aliphatic rings. The number of hydrogen-bond acceptors (Lipinski definition) is 7. The smallest absolute Gasteiger partial charge is 0.224 e. The molecular formula is C23H24N6O3. The lowest BCUT2D eigenvalue weighted by atomic mass is 10.2. The number of nitrogens with zero attached hydrogens (tertiary/aromatic N) is 4. The summed E-state index contributed by atoms with van der Waals surface area (Å²) in [6, 6.07) is 19.0. The first-order valence-corrected chi connectivity index (χ1v) is 10.2. The maximum absolute atomic E-state index is 12.5. The third-order valence-electron chi connectivity index (χ3n) is 4.90. The van der Waals surface area contributed by atoms with E-state index in [9.17, 15) is 4.79 Å². The molecule has 0 aliphatic carbocycles. The molecule has 2 aromatic heterocycles. The summed E-state index contributed by atoms with van der Waals surface area (Å²) in [5.41, 5.74) is 2.33. The maximum Gasteiger partial charge on any atom is 0.224 e. The Kier molecular flexibility index (Phi) is 6.45. The number of aromatic nitrogens is 4. The number of fused-ring (bicyclic) bond motifs is 1. The summed E-state index contributed by atoms with van der Waals surface area (Å²) in [4.78, 5) is 12.5. The Morgan fingerprint density at radius 1 is 1.00 bits per heavy atom. The highest BCUT2D eigenvalue weighted by Gasteiger charge is 2.13. The van der Waals surface area contributed by atoms with Gasteiger partial charge >= 0.3 is 0 Å². The average molecular weight is 432 g/mol. The monoisotopic (exact) mass is 432 g/mol. The molecule has 4 rings (SSSR count). The Bertz CT molecular complexity index is 1210. The van der Waals surface area contributed by atoms with Crippen LogP contribution in [0.15, 0.2) is 60.7 Å². The molecule has 2 heterocycles. The number of nitrogens with one attached hydrogen (secondary N) is 2. The molecule has 9 nitrogen and oxygen atoms in total. The molecule has 2 aromatic carbocycles. The van der Waals surface area contributed by atoms with Crippen LogP contribution in [0.1, 0.15) is 17.8 Å². The number of rotatable bonds is 9. The highest BCUT2D eigenvalue weighted by atomic mass is 16.5. The van der Waals surface area contributed by atoms with Crippen LogP contribution in [0.3, 0.4) is 0 Å². The highest BCUT2D eigenvalue weighted by Crippen LogP contribution is 2.29. The van der Waals surface area contributed by atoms with Crippen molar-refractivity contribution in [2.75, 3.05) is 24.9 Å². The summed E-state index contributed by atoms with van der Waals surface area (Å²) in [6.07, 6.45) is 0.596. The predicted molar refractivity (Wildman–Crippen MR) is 121 cm³/mol. The fraction of sp³-hybridized carbons (Fsp3) is 0.217. The van der Waals surface area contributed by atoms with Gasteiger partial charge in [0.25, 0.3) is 0 Å². The average Bonchev–Trinajstić information content (AvgIpc) is 3.24. The fourth-order valence-corrected chi connectivity index (χ4v) is 3.22. The zero-order valence-corrected chi connectivity index (χ0v) is 17.9. The molecule has 4 aromatic rings. The number of benzene rings is 2. The number of anilines is 2. The summed E-state index contributed by atoms with van der Waals surface area (Å²) in [7, 11) is 3.12. The second-order valence-electron chi connectivity index (χ2n) is 7.06. The van der Waals surface area contributed by atoms with E-state index < -0.39 is 0 Å². The van der Waals surface area contributed by atoms with E-state index >= 15 is 0 Å². The van der Waals surface area contributed by atoms with Crippen molar-refractivity contribution in [3.63, 3.8) is 0 Å². The van der Waals surface area contributed by atoms with Crippen molar-refractivity contribution in [2.24, 2.45) is 0 Å². The molecule has 32 heavy (non-hydrogen) atoms. The van der Waals surface area contributed by atoms with Crippen LogP contribution in [0.25, 0.3) is 5.65 Å². The molecule has 0 saturated heterocycles. The second-order valence-corrected chi connectivity index (χ2v) is 7.06. The number of aryl methyl sites for hydroxylation is 1. The lowest BCUT2D eigenvalue weighted by Crippen LogP contribution is -2.14. The normalized spacial score (nSPS) is 10.7. The first-order chi connectivity index (χ1) is 15.7. The van der Waals surface area contributed by atoms with Crippen LogP contribution in [0.4, 0.5) is 11.5 Å². The van der Waals surface area contributed by atoms with Gasteiger partial charge in [0.2, 0.25) is 5.91 Å². The molecule has 0 atom stereocenters. The number of methoxy groups -OCH3 is 2. The van der Waals surface area contributed by atoms with Crippen molar-refractivity contribution < 1.29 is 14.3 Å².